The topological polar surface area (TPSA) is 181 Å². The van der Waals surface area contributed by atoms with Crippen molar-refractivity contribution in [1.82, 2.24) is 4.90 Å². The molecular formula is C45H47Br2NO13. The Labute approximate surface area is 370 Å². The van der Waals surface area contributed by atoms with E-state index < -0.39 is 24.0 Å². The minimum Gasteiger partial charge on any atom is -0.496 e. The summed E-state index contributed by atoms with van der Waals surface area (Å²) in [5.74, 6) is -1.18. The predicted molar refractivity (Wildman–Crippen MR) is 230 cm³/mol. The molecule has 4 aromatic carbocycles. The maximum Gasteiger partial charge on any atom is 0.337 e. The summed E-state index contributed by atoms with van der Waals surface area (Å²) in [7, 11) is 5.72. The van der Waals surface area contributed by atoms with Gasteiger partial charge in [0.05, 0.1) is 66.7 Å². The number of methoxy groups -OCH3 is 4. The second-order valence-corrected chi connectivity index (χ2v) is 15.6. The van der Waals surface area contributed by atoms with Gasteiger partial charge in [-0.15, -0.1) is 0 Å². The van der Waals surface area contributed by atoms with E-state index in [9.17, 15) is 28.8 Å². The van der Waals surface area contributed by atoms with Gasteiger partial charge in [0, 0.05) is 25.8 Å². The van der Waals surface area contributed by atoms with E-state index in [1.165, 1.54) is 54.4 Å². The molecule has 324 valence electrons. The number of benzene rings is 4. The van der Waals surface area contributed by atoms with Crippen molar-refractivity contribution in [2.45, 2.75) is 63.7 Å². The van der Waals surface area contributed by atoms with Crippen molar-refractivity contribution in [2.24, 2.45) is 0 Å². The van der Waals surface area contributed by atoms with Gasteiger partial charge in [-0.3, -0.25) is 14.4 Å². The van der Waals surface area contributed by atoms with E-state index in [1.54, 1.807) is 53.4 Å². The van der Waals surface area contributed by atoms with Gasteiger partial charge in [0.2, 0.25) is 0 Å². The number of hydrogen-bond acceptors (Lipinski definition) is 12. The van der Waals surface area contributed by atoms with Crippen LogP contribution in [0.4, 0.5) is 0 Å². The second kappa shape index (κ2) is 22.7. The lowest BCUT2D eigenvalue weighted by atomic mass is 9.96. The zero-order valence-electron chi connectivity index (χ0n) is 34.5. The molecule has 1 saturated carbocycles. The Hall–Kier alpha value is -5.74. The van der Waals surface area contributed by atoms with Crippen LogP contribution in [-0.2, 0) is 28.5 Å². The quantitative estimate of drug-likeness (QED) is 0.118. The van der Waals surface area contributed by atoms with Crippen LogP contribution in [0.25, 0.3) is 0 Å². The van der Waals surface area contributed by atoms with E-state index in [1.807, 2.05) is 24.3 Å². The fourth-order valence-corrected chi connectivity index (χ4v) is 7.84. The molecule has 0 aromatic heterocycles. The summed E-state index contributed by atoms with van der Waals surface area (Å²) in [5.41, 5.74) is 3.50. The minimum atomic E-state index is -0.958. The van der Waals surface area contributed by atoms with E-state index in [0.29, 0.717) is 40.5 Å². The van der Waals surface area contributed by atoms with Gasteiger partial charge in [-0.2, -0.15) is 0 Å². The van der Waals surface area contributed by atoms with E-state index >= 15 is 0 Å². The van der Waals surface area contributed by atoms with Crippen molar-refractivity contribution >= 4 is 67.6 Å². The first kappa shape index (κ1) is 47.9. The number of carbonyl (C=O) groups is 6. The van der Waals surface area contributed by atoms with Gasteiger partial charge >= 0.3 is 29.8 Å². The largest absolute Gasteiger partial charge is 0.496 e. The Morgan fingerprint density at radius 2 is 1.11 bits per heavy atom. The van der Waals surface area contributed by atoms with Crippen LogP contribution < -0.4 is 9.47 Å². The number of rotatable bonds is 10. The molecule has 4 aromatic rings. The van der Waals surface area contributed by atoms with Crippen molar-refractivity contribution < 1.29 is 62.3 Å². The number of carboxylic acid groups (broad SMARTS) is 1. The molecule has 1 aliphatic heterocycles. The summed E-state index contributed by atoms with van der Waals surface area (Å²) < 4.78 is 31.8. The molecule has 1 heterocycles. The molecule has 1 amide bonds. The first-order valence-corrected chi connectivity index (χ1v) is 20.6. The molecule has 16 heteroatoms. The first-order chi connectivity index (χ1) is 29.1. The highest BCUT2D eigenvalue weighted by molar-refractivity contribution is 9.10. The Bertz CT molecular complexity index is 2230. The number of esters is 4. The number of ether oxygens (including phenoxy) is 6. The lowest BCUT2D eigenvalue weighted by Gasteiger charge is -2.25. The van der Waals surface area contributed by atoms with Gasteiger partial charge in [-0.1, -0.05) is 24.3 Å². The van der Waals surface area contributed by atoms with Gasteiger partial charge < -0.3 is 38.4 Å². The molecular weight excluding hydrogens is 922 g/mol. The lowest BCUT2D eigenvalue weighted by Crippen LogP contribution is -2.32. The second-order valence-electron chi connectivity index (χ2n) is 13.9. The SMILES string of the molecule is COC(=O)c1cccc([C@@H]2CCC(OC(C)=O)C2)c1.COC(=O)c1cccc([C@H]2CC(OC(C)=O)CN2C(=O)c2ccc(Br)c(OC)c2)c1.COc1cc(C(=O)O)ccc1Br. The number of likely N-dealkylation sites (tertiary alicyclic amines) is 1. The minimum absolute atomic E-state index is 0.00397. The zero-order valence-corrected chi connectivity index (χ0v) is 37.6. The third kappa shape index (κ3) is 13.4. The fraction of sp³-hybridized carbons (Fsp3) is 0.333. The molecule has 6 rings (SSSR count). The van der Waals surface area contributed by atoms with Crippen LogP contribution in [0.5, 0.6) is 11.5 Å². The highest BCUT2D eigenvalue weighted by Crippen LogP contribution is 2.38. The number of amides is 1. The summed E-state index contributed by atoms with van der Waals surface area (Å²) in [5, 5.41) is 8.62. The van der Waals surface area contributed by atoms with Crippen LogP contribution in [0, 0.1) is 0 Å². The summed E-state index contributed by atoms with van der Waals surface area (Å²) in [6.45, 7) is 3.03. The van der Waals surface area contributed by atoms with Crippen molar-refractivity contribution in [3.05, 3.63) is 127 Å². The molecule has 0 radical (unpaired) electrons. The van der Waals surface area contributed by atoms with Gasteiger partial charge in [-0.25, -0.2) is 14.4 Å². The Morgan fingerprint density at radius 3 is 1.64 bits per heavy atom. The maximum atomic E-state index is 13.3. The van der Waals surface area contributed by atoms with E-state index in [2.05, 4.69) is 31.9 Å². The monoisotopic (exact) mass is 967 g/mol. The molecule has 0 bridgehead atoms. The lowest BCUT2D eigenvalue weighted by molar-refractivity contribution is -0.146. The Balaban J connectivity index is 0.000000224. The average molecular weight is 970 g/mol. The number of carboxylic acids is 1. The molecule has 14 nitrogen and oxygen atoms in total. The molecule has 0 spiro atoms. The fourth-order valence-electron chi connectivity index (χ4n) is 7.02. The summed E-state index contributed by atoms with van der Waals surface area (Å²) in [4.78, 5) is 71.4. The predicted octanol–water partition coefficient (Wildman–Crippen LogP) is 8.59. The molecule has 1 saturated heterocycles. The highest BCUT2D eigenvalue weighted by Gasteiger charge is 2.38. The summed E-state index contributed by atoms with van der Waals surface area (Å²) >= 11 is 6.61. The molecule has 61 heavy (non-hydrogen) atoms. The third-order valence-corrected chi connectivity index (χ3v) is 11.2. The number of aromatic carboxylic acids is 1. The average Bonchev–Trinajstić information content (AvgIpc) is 3.90. The number of nitrogens with zero attached hydrogens (tertiary/aromatic N) is 1. The number of halogens is 2. The molecule has 2 fully saturated rings. The van der Waals surface area contributed by atoms with E-state index in [-0.39, 0.29) is 42.1 Å². The van der Waals surface area contributed by atoms with Gasteiger partial charge in [0.15, 0.2) is 0 Å². The van der Waals surface area contributed by atoms with E-state index in [0.717, 1.165) is 39.3 Å². The summed E-state index contributed by atoms with van der Waals surface area (Å²) in [6.07, 6.45) is 2.68. The van der Waals surface area contributed by atoms with Crippen molar-refractivity contribution in [2.75, 3.05) is 35.0 Å². The normalized spacial score (nSPS) is 17.6. The number of hydrogen-bond donors (Lipinski definition) is 1. The van der Waals surface area contributed by atoms with Crippen LogP contribution in [0.15, 0.2) is 93.9 Å². The van der Waals surface area contributed by atoms with Crippen molar-refractivity contribution in [1.29, 1.82) is 0 Å². The highest BCUT2D eigenvalue weighted by atomic mass is 79.9. The van der Waals surface area contributed by atoms with Crippen LogP contribution in [0.3, 0.4) is 0 Å². The third-order valence-electron chi connectivity index (χ3n) is 9.84. The standard InChI is InChI=1S/C22H22BrNO6.C15H18O4.C8H7BrO3/c1-13(25)30-17-11-19(14-5-4-6-16(9-14)22(27)29-3)24(12-17)21(26)15-7-8-18(23)20(10-15)28-2;1-10(16)19-14-7-6-12(9-14)11-4-3-5-13(8-11)15(17)18-2;1-12-7-4-5(8(10)11)2-3-6(7)9/h4-10,17,19H,11-12H2,1-3H3;3-5,8,12,14H,6-7,9H2,1-2H3;2-4H,1H3,(H,10,11)/t17?,19-;12-,14?;/m11./s1. The molecule has 2 aliphatic rings. The van der Waals surface area contributed by atoms with Gasteiger partial charge in [-0.05, 0) is 129 Å². The maximum absolute atomic E-state index is 13.3. The zero-order chi connectivity index (χ0) is 44.8. The van der Waals surface area contributed by atoms with Crippen LogP contribution in [0.2, 0.25) is 0 Å². The molecule has 1 N–H and O–H groups in total. The Kier molecular flexibility index (Phi) is 17.9. The summed E-state index contributed by atoms with van der Waals surface area (Å²) in [6, 6.07) is 23.8. The molecule has 4 atom stereocenters. The van der Waals surface area contributed by atoms with Gasteiger partial charge in [0.1, 0.15) is 23.7 Å². The van der Waals surface area contributed by atoms with Crippen LogP contribution in [-0.4, -0.2) is 93.0 Å². The molecule has 1 aliphatic carbocycles. The smallest absolute Gasteiger partial charge is 0.337 e. The van der Waals surface area contributed by atoms with Crippen molar-refractivity contribution in [3.8, 4) is 11.5 Å². The first-order valence-electron chi connectivity index (χ1n) is 19.0. The number of carbonyl (C=O) groups excluding carboxylic acids is 5. The Morgan fingerprint density at radius 1 is 0.607 bits per heavy atom. The molecule has 2 unspecified atom stereocenters. The van der Waals surface area contributed by atoms with Crippen LogP contribution >= 0.6 is 31.9 Å². The van der Waals surface area contributed by atoms with Crippen LogP contribution in [0.1, 0.15) is 104 Å². The van der Waals surface area contributed by atoms with E-state index in [4.69, 9.17) is 33.5 Å². The van der Waals surface area contributed by atoms with Crippen molar-refractivity contribution in [3.63, 3.8) is 0 Å². The van der Waals surface area contributed by atoms with Gasteiger partial charge in [0.25, 0.3) is 5.91 Å².